The lowest BCUT2D eigenvalue weighted by Gasteiger charge is -2.16. The van der Waals surface area contributed by atoms with Crippen molar-refractivity contribution in [2.24, 2.45) is 10.9 Å². The number of methoxy groups -OCH3 is 1. The van der Waals surface area contributed by atoms with Crippen molar-refractivity contribution in [3.05, 3.63) is 48.3 Å². The fourth-order valence-electron chi connectivity index (χ4n) is 2.25. The summed E-state index contributed by atoms with van der Waals surface area (Å²) in [6.07, 6.45) is 3.78. The summed E-state index contributed by atoms with van der Waals surface area (Å²) in [6, 6.07) is 9.93. The molecular weight excluding hydrogens is 417 g/mol. The third kappa shape index (κ3) is 6.77. The van der Waals surface area contributed by atoms with E-state index in [0.717, 1.165) is 30.4 Å². The molecule has 1 unspecified atom stereocenters. The highest BCUT2D eigenvalue weighted by Crippen LogP contribution is 2.12. The summed E-state index contributed by atoms with van der Waals surface area (Å²) in [6.45, 7) is 4.60. The molecule has 2 rings (SSSR count). The summed E-state index contributed by atoms with van der Waals surface area (Å²) < 4.78 is 7.18. The number of hydrogen-bond donors (Lipinski definition) is 2. The van der Waals surface area contributed by atoms with Crippen LogP contribution in [0.4, 0.5) is 0 Å². The molecule has 0 spiro atoms. The zero-order valence-corrected chi connectivity index (χ0v) is 16.7. The highest BCUT2D eigenvalue weighted by atomic mass is 127. The number of nitrogens with zero attached hydrogens (tertiary/aromatic N) is 3. The topological polar surface area (TPSA) is 63.5 Å². The van der Waals surface area contributed by atoms with E-state index in [4.69, 9.17) is 4.74 Å². The first-order valence-electron chi connectivity index (χ1n) is 7.76. The van der Waals surface area contributed by atoms with Gasteiger partial charge in [0.2, 0.25) is 0 Å². The van der Waals surface area contributed by atoms with Crippen LogP contribution in [-0.2, 0) is 13.1 Å². The normalized spacial score (nSPS) is 12.2. The molecule has 0 aliphatic carbocycles. The summed E-state index contributed by atoms with van der Waals surface area (Å²) in [5.41, 5.74) is 1.15. The Hall–Kier alpha value is -1.77. The van der Waals surface area contributed by atoms with Crippen molar-refractivity contribution in [2.75, 3.05) is 20.7 Å². The Morgan fingerprint density at radius 1 is 1.33 bits per heavy atom. The van der Waals surface area contributed by atoms with Crippen LogP contribution in [0.15, 0.2) is 47.7 Å². The SMILES string of the molecule is CN=C(NCc1cccc(OC)c1)NCC(C)Cn1cccn1.I. The molecule has 0 aliphatic heterocycles. The first-order chi connectivity index (χ1) is 11.2. The molecule has 132 valence electrons. The maximum absolute atomic E-state index is 5.23. The van der Waals surface area contributed by atoms with Crippen molar-refractivity contribution in [3.8, 4) is 5.75 Å². The second kappa shape index (κ2) is 10.9. The summed E-state index contributed by atoms with van der Waals surface area (Å²) in [4.78, 5) is 4.26. The summed E-state index contributed by atoms with van der Waals surface area (Å²) in [5.74, 6) is 2.10. The first kappa shape index (κ1) is 20.3. The predicted octanol–water partition coefficient (Wildman–Crippen LogP) is 2.51. The van der Waals surface area contributed by atoms with Crippen molar-refractivity contribution >= 4 is 29.9 Å². The zero-order valence-electron chi connectivity index (χ0n) is 14.4. The van der Waals surface area contributed by atoms with Crippen LogP contribution in [-0.4, -0.2) is 36.4 Å². The lowest BCUT2D eigenvalue weighted by atomic mass is 10.2. The van der Waals surface area contributed by atoms with Gasteiger partial charge >= 0.3 is 0 Å². The second-order valence-corrected chi connectivity index (χ2v) is 5.49. The van der Waals surface area contributed by atoms with Gasteiger partial charge in [0.25, 0.3) is 0 Å². The van der Waals surface area contributed by atoms with Crippen LogP contribution in [0.1, 0.15) is 12.5 Å². The average molecular weight is 443 g/mol. The quantitative estimate of drug-likeness (QED) is 0.392. The number of aromatic nitrogens is 2. The van der Waals surface area contributed by atoms with Crippen LogP contribution in [0, 0.1) is 5.92 Å². The van der Waals surface area contributed by atoms with E-state index >= 15 is 0 Å². The Morgan fingerprint density at radius 3 is 2.83 bits per heavy atom. The van der Waals surface area contributed by atoms with E-state index in [-0.39, 0.29) is 24.0 Å². The van der Waals surface area contributed by atoms with Crippen molar-refractivity contribution in [3.63, 3.8) is 0 Å². The molecule has 2 aromatic rings. The van der Waals surface area contributed by atoms with Crippen LogP contribution in [0.3, 0.4) is 0 Å². The number of rotatable bonds is 7. The maximum atomic E-state index is 5.23. The first-order valence-corrected chi connectivity index (χ1v) is 7.76. The zero-order chi connectivity index (χ0) is 16.5. The number of guanidine groups is 1. The van der Waals surface area contributed by atoms with Gasteiger partial charge in [0.15, 0.2) is 5.96 Å². The molecule has 0 bridgehead atoms. The molecule has 7 heteroatoms. The summed E-state index contributed by atoms with van der Waals surface area (Å²) >= 11 is 0. The molecule has 6 nitrogen and oxygen atoms in total. The maximum Gasteiger partial charge on any atom is 0.191 e. The third-order valence-corrected chi connectivity index (χ3v) is 3.49. The van der Waals surface area contributed by atoms with E-state index in [1.54, 1.807) is 20.4 Å². The molecule has 0 radical (unpaired) electrons. The van der Waals surface area contributed by atoms with Gasteiger partial charge in [0.05, 0.1) is 7.11 Å². The molecule has 0 saturated carbocycles. The Bertz CT molecular complexity index is 615. The number of ether oxygens (including phenoxy) is 1. The molecule has 0 aliphatic rings. The van der Waals surface area contributed by atoms with Crippen LogP contribution in [0.25, 0.3) is 0 Å². The Morgan fingerprint density at radius 2 is 2.17 bits per heavy atom. The van der Waals surface area contributed by atoms with Crippen LogP contribution in [0.2, 0.25) is 0 Å². The second-order valence-electron chi connectivity index (χ2n) is 5.49. The minimum Gasteiger partial charge on any atom is -0.497 e. The molecular formula is C17H26IN5O. The Kier molecular flexibility index (Phi) is 9.21. The highest BCUT2D eigenvalue weighted by molar-refractivity contribution is 14.0. The van der Waals surface area contributed by atoms with E-state index < -0.39 is 0 Å². The van der Waals surface area contributed by atoms with Crippen LogP contribution < -0.4 is 15.4 Å². The fraction of sp³-hybridized carbons (Fsp3) is 0.412. The molecule has 24 heavy (non-hydrogen) atoms. The summed E-state index contributed by atoms with van der Waals surface area (Å²) in [5, 5.41) is 10.9. The Balaban J connectivity index is 0.00000288. The van der Waals surface area contributed by atoms with E-state index in [1.165, 1.54) is 0 Å². The molecule has 2 N–H and O–H groups in total. The lowest BCUT2D eigenvalue weighted by Crippen LogP contribution is -2.39. The predicted molar refractivity (Wildman–Crippen MR) is 108 cm³/mol. The van der Waals surface area contributed by atoms with E-state index in [1.807, 2.05) is 35.1 Å². The molecule has 1 atom stereocenters. The molecule has 0 saturated heterocycles. The molecule has 1 aromatic heterocycles. The molecule has 0 fully saturated rings. The number of nitrogens with one attached hydrogen (secondary N) is 2. The minimum absolute atomic E-state index is 0. The minimum atomic E-state index is 0. The molecule has 0 amide bonds. The van der Waals surface area contributed by atoms with Crippen molar-refractivity contribution < 1.29 is 4.74 Å². The fourth-order valence-corrected chi connectivity index (χ4v) is 2.25. The van der Waals surface area contributed by atoms with E-state index in [2.05, 4.69) is 33.7 Å². The van der Waals surface area contributed by atoms with Gasteiger partial charge in [0.1, 0.15) is 5.75 Å². The van der Waals surface area contributed by atoms with Crippen LogP contribution in [0.5, 0.6) is 5.75 Å². The van der Waals surface area contributed by atoms with Gasteiger partial charge in [-0.05, 0) is 29.7 Å². The molecule has 1 heterocycles. The summed E-state index contributed by atoms with van der Waals surface area (Å²) in [7, 11) is 3.45. The van der Waals surface area contributed by atoms with Gasteiger partial charge in [-0.1, -0.05) is 19.1 Å². The standard InChI is InChI=1S/C17H25N5O.HI/c1-14(13-22-9-5-8-21-22)11-19-17(18-2)20-12-15-6-4-7-16(10-15)23-3;/h4-10,14H,11-13H2,1-3H3,(H2,18,19,20);1H. The largest absolute Gasteiger partial charge is 0.497 e. The number of aliphatic imine (C=N–C) groups is 1. The average Bonchev–Trinajstić information content (AvgIpc) is 3.08. The number of hydrogen-bond acceptors (Lipinski definition) is 3. The van der Waals surface area contributed by atoms with E-state index in [9.17, 15) is 0 Å². The van der Waals surface area contributed by atoms with E-state index in [0.29, 0.717) is 12.5 Å². The van der Waals surface area contributed by atoms with Crippen molar-refractivity contribution in [1.82, 2.24) is 20.4 Å². The monoisotopic (exact) mass is 443 g/mol. The van der Waals surface area contributed by atoms with Gasteiger partial charge in [-0.25, -0.2) is 0 Å². The van der Waals surface area contributed by atoms with Crippen molar-refractivity contribution in [2.45, 2.75) is 20.0 Å². The van der Waals surface area contributed by atoms with Gasteiger partial charge in [0, 0.05) is 39.1 Å². The molecule has 1 aromatic carbocycles. The van der Waals surface area contributed by atoms with Crippen LogP contribution >= 0.6 is 24.0 Å². The van der Waals surface area contributed by atoms with Gasteiger partial charge < -0.3 is 15.4 Å². The number of halogens is 1. The third-order valence-electron chi connectivity index (χ3n) is 3.49. The van der Waals surface area contributed by atoms with Crippen molar-refractivity contribution in [1.29, 1.82) is 0 Å². The highest BCUT2D eigenvalue weighted by Gasteiger charge is 2.05. The smallest absolute Gasteiger partial charge is 0.191 e. The lowest BCUT2D eigenvalue weighted by molar-refractivity contribution is 0.414. The van der Waals surface area contributed by atoms with Gasteiger partial charge in [-0.15, -0.1) is 24.0 Å². The van der Waals surface area contributed by atoms with Gasteiger partial charge in [-0.2, -0.15) is 5.10 Å². The van der Waals surface area contributed by atoms with Gasteiger partial charge in [-0.3, -0.25) is 9.67 Å². The number of benzene rings is 1. The Labute approximate surface area is 160 Å².